The summed E-state index contributed by atoms with van der Waals surface area (Å²) in [4.78, 5) is 0. The molecule has 2 aliphatic rings. The van der Waals surface area contributed by atoms with E-state index in [2.05, 4.69) is 4.18 Å². The first-order chi connectivity index (χ1) is 9.65. The van der Waals surface area contributed by atoms with Gasteiger partial charge in [-0.2, -0.15) is 16.8 Å². The quantitative estimate of drug-likeness (QED) is 0.712. The van der Waals surface area contributed by atoms with Crippen molar-refractivity contribution >= 4 is 20.2 Å². The van der Waals surface area contributed by atoms with Crippen LogP contribution in [0.4, 0.5) is 4.39 Å². The maximum atomic E-state index is 14.4. The summed E-state index contributed by atoms with van der Waals surface area (Å²) in [5, 5.41) is 0.981. The van der Waals surface area contributed by atoms with Crippen LogP contribution in [0.3, 0.4) is 0 Å². The van der Waals surface area contributed by atoms with Gasteiger partial charge in [0.15, 0.2) is 0 Å². The topological polar surface area (TPSA) is 86.7 Å². The van der Waals surface area contributed by atoms with E-state index in [-0.39, 0.29) is 13.0 Å². The summed E-state index contributed by atoms with van der Waals surface area (Å²) in [6.07, 6.45) is 2.34. The Hall–Kier alpha value is -0.510. The van der Waals surface area contributed by atoms with E-state index in [4.69, 9.17) is 4.18 Å². The van der Waals surface area contributed by atoms with Crippen LogP contribution in [0.25, 0.3) is 0 Å². The van der Waals surface area contributed by atoms with Gasteiger partial charge in [-0.3, -0.25) is 8.37 Å². The molecule has 1 saturated heterocycles. The zero-order valence-corrected chi connectivity index (χ0v) is 13.3. The van der Waals surface area contributed by atoms with Crippen LogP contribution < -0.4 is 0 Å². The van der Waals surface area contributed by atoms with E-state index < -0.39 is 37.3 Å². The first-order valence-corrected chi connectivity index (χ1v) is 9.71. The Bertz CT molecular complexity index is 612. The fourth-order valence-electron chi connectivity index (χ4n) is 2.76. The van der Waals surface area contributed by atoms with Crippen LogP contribution in [-0.2, 0) is 28.6 Å². The van der Waals surface area contributed by atoms with Crippen molar-refractivity contribution in [2.45, 2.75) is 50.6 Å². The third kappa shape index (κ3) is 4.02. The number of rotatable bonds is 2. The van der Waals surface area contributed by atoms with Crippen LogP contribution in [0.15, 0.2) is 11.5 Å². The third-order valence-corrected chi connectivity index (χ3v) is 6.46. The SMILES string of the molecule is CC1(CC2CCC=CS(=O)(=O)O2)CCCOS(=O)(=O)C1F. The van der Waals surface area contributed by atoms with E-state index >= 15 is 0 Å². The predicted molar refractivity (Wildman–Crippen MR) is 73.9 cm³/mol. The van der Waals surface area contributed by atoms with Crippen LogP contribution in [0.1, 0.15) is 39.0 Å². The molecule has 2 rings (SSSR count). The lowest BCUT2D eigenvalue weighted by Gasteiger charge is -2.32. The van der Waals surface area contributed by atoms with E-state index in [1.54, 1.807) is 0 Å². The van der Waals surface area contributed by atoms with Crippen molar-refractivity contribution < 1.29 is 29.6 Å². The molecule has 0 saturated carbocycles. The van der Waals surface area contributed by atoms with Gasteiger partial charge >= 0.3 is 10.1 Å². The molecule has 21 heavy (non-hydrogen) atoms. The van der Waals surface area contributed by atoms with Crippen LogP contribution in [0.2, 0.25) is 0 Å². The number of allylic oxidation sites excluding steroid dienone is 1. The van der Waals surface area contributed by atoms with E-state index in [0.29, 0.717) is 25.7 Å². The van der Waals surface area contributed by atoms with Gasteiger partial charge in [-0.05, 0) is 32.1 Å². The van der Waals surface area contributed by atoms with Gasteiger partial charge in [0.1, 0.15) is 0 Å². The minimum Gasteiger partial charge on any atom is -0.268 e. The Balaban J connectivity index is 2.20. The Labute approximate surface area is 124 Å². The van der Waals surface area contributed by atoms with Crippen LogP contribution in [0.5, 0.6) is 0 Å². The first-order valence-electron chi connectivity index (χ1n) is 6.77. The Morgan fingerprint density at radius 2 is 2.05 bits per heavy atom. The average Bonchev–Trinajstić information content (AvgIpc) is 2.58. The molecule has 0 aromatic carbocycles. The van der Waals surface area contributed by atoms with E-state index in [1.807, 2.05) is 0 Å². The first kappa shape index (κ1) is 16.9. The smallest absolute Gasteiger partial charge is 0.268 e. The highest BCUT2D eigenvalue weighted by molar-refractivity contribution is 7.89. The van der Waals surface area contributed by atoms with Crippen molar-refractivity contribution in [3.63, 3.8) is 0 Å². The van der Waals surface area contributed by atoms with Crippen molar-refractivity contribution in [3.05, 3.63) is 11.5 Å². The zero-order valence-electron chi connectivity index (χ0n) is 11.7. The second-order valence-corrected chi connectivity index (χ2v) is 8.84. The maximum Gasteiger partial charge on any atom is 0.300 e. The lowest BCUT2D eigenvalue weighted by Crippen LogP contribution is -2.38. The van der Waals surface area contributed by atoms with Gasteiger partial charge in [-0.1, -0.05) is 13.0 Å². The molecule has 3 unspecified atom stereocenters. The van der Waals surface area contributed by atoms with Crippen molar-refractivity contribution in [1.82, 2.24) is 0 Å². The average molecular weight is 342 g/mol. The summed E-state index contributed by atoms with van der Waals surface area (Å²) in [6, 6.07) is 0. The molecule has 6 nitrogen and oxygen atoms in total. The molecule has 122 valence electrons. The Morgan fingerprint density at radius 3 is 2.76 bits per heavy atom. The number of hydrogen-bond donors (Lipinski definition) is 0. The molecule has 0 radical (unpaired) electrons. The van der Waals surface area contributed by atoms with Gasteiger partial charge in [0.25, 0.3) is 10.1 Å². The summed E-state index contributed by atoms with van der Waals surface area (Å²) >= 11 is 0. The monoisotopic (exact) mass is 342 g/mol. The molecular weight excluding hydrogens is 323 g/mol. The molecule has 3 atom stereocenters. The third-order valence-electron chi connectivity index (χ3n) is 3.82. The summed E-state index contributed by atoms with van der Waals surface area (Å²) in [5.41, 5.74) is -3.41. The molecule has 1 fully saturated rings. The minimum atomic E-state index is -4.28. The minimum absolute atomic E-state index is 0.0116. The fourth-order valence-corrected chi connectivity index (χ4v) is 5.12. The highest BCUT2D eigenvalue weighted by Gasteiger charge is 2.47. The van der Waals surface area contributed by atoms with E-state index in [0.717, 1.165) is 5.41 Å². The molecule has 0 N–H and O–H groups in total. The molecule has 2 heterocycles. The van der Waals surface area contributed by atoms with Crippen LogP contribution >= 0.6 is 0 Å². The Morgan fingerprint density at radius 1 is 1.33 bits per heavy atom. The van der Waals surface area contributed by atoms with Crippen molar-refractivity contribution in [1.29, 1.82) is 0 Å². The summed E-state index contributed by atoms with van der Waals surface area (Å²) in [7, 11) is -8.07. The predicted octanol–water partition coefficient (Wildman–Crippen LogP) is 1.84. The maximum absolute atomic E-state index is 14.4. The van der Waals surface area contributed by atoms with Crippen LogP contribution in [-0.4, -0.2) is 35.1 Å². The highest BCUT2D eigenvalue weighted by atomic mass is 32.2. The van der Waals surface area contributed by atoms with Gasteiger partial charge < -0.3 is 0 Å². The fraction of sp³-hybridized carbons (Fsp3) is 0.833. The van der Waals surface area contributed by atoms with Gasteiger partial charge in [-0.25, -0.2) is 4.39 Å². The lowest BCUT2D eigenvalue weighted by molar-refractivity contribution is 0.0853. The van der Waals surface area contributed by atoms with Crippen molar-refractivity contribution in [2.75, 3.05) is 6.61 Å². The summed E-state index contributed by atoms with van der Waals surface area (Å²) in [6.45, 7) is 1.45. The van der Waals surface area contributed by atoms with Gasteiger partial charge in [-0.15, -0.1) is 0 Å². The normalized spacial score (nSPS) is 39.3. The molecule has 2 aliphatic heterocycles. The second-order valence-electron chi connectivity index (χ2n) is 5.75. The van der Waals surface area contributed by atoms with Gasteiger partial charge in [0, 0.05) is 5.41 Å². The van der Waals surface area contributed by atoms with E-state index in [9.17, 15) is 21.2 Å². The molecule has 9 heteroatoms. The number of alkyl halides is 1. The highest BCUT2D eigenvalue weighted by Crippen LogP contribution is 2.42. The molecular formula is C12H19FO6S2. The molecule has 0 aromatic rings. The van der Waals surface area contributed by atoms with E-state index in [1.165, 1.54) is 13.0 Å². The summed E-state index contributed by atoms with van der Waals surface area (Å²) < 4.78 is 70.5. The van der Waals surface area contributed by atoms with Crippen molar-refractivity contribution in [2.24, 2.45) is 5.41 Å². The number of hydrogen-bond acceptors (Lipinski definition) is 6. The molecule has 0 aliphatic carbocycles. The van der Waals surface area contributed by atoms with Crippen molar-refractivity contribution in [3.8, 4) is 0 Å². The molecule has 0 bridgehead atoms. The van der Waals surface area contributed by atoms with Gasteiger partial charge in [0.2, 0.25) is 5.50 Å². The largest absolute Gasteiger partial charge is 0.300 e. The second kappa shape index (κ2) is 5.94. The van der Waals surface area contributed by atoms with Gasteiger partial charge in [0.05, 0.1) is 18.1 Å². The Kier molecular flexibility index (Phi) is 4.77. The summed E-state index contributed by atoms with van der Waals surface area (Å²) in [5.74, 6) is 0. The molecule has 0 amide bonds. The lowest BCUT2D eigenvalue weighted by atomic mass is 9.80. The standard InChI is InChI=1S/C12H19FO6S2/c1-12(6-4-7-18-21(16,17)11(12)13)9-10-5-2-3-8-20(14,15)19-10/h3,8,10-11H,2,4-7,9H2,1H3. The number of halogens is 1. The van der Waals surface area contributed by atoms with Crippen LogP contribution in [0, 0.1) is 5.41 Å². The zero-order chi connectivity index (χ0) is 15.7. The molecule has 0 aromatic heterocycles. The molecule has 0 spiro atoms.